The fourth-order valence-corrected chi connectivity index (χ4v) is 3.33. The first-order valence-electron chi connectivity index (χ1n) is 9.27. The summed E-state index contributed by atoms with van der Waals surface area (Å²) in [7, 11) is 0. The first-order valence-corrected chi connectivity index (χ1v) is 9.27. The van der Waals surface area contributed by atoms with Gasteiger partial charge in [0.05, 0.1) is 11.0 Å². The van der Waals surface area contributed by atoms with Gasteiger partial charge in [-0.05, 0) is 37.5 Å². The lowest BCUT2D eigenvalue weighted by Gasteiger charge is -2.10. The standard InChI is InChI=1S/C19H20F3N5O/c1-2-9-26-14-6-4-3-5-13(14)23-18(26)24-17(28)11-27-15(12-7-8-12)10-16(25-27)19(20,21)22/h3-6,10,12H,2,7-9,11H2,1H3,(H,23,24,28). The number of hydrogen-bond acceptors (Lipinski definition) is 3. The van der Waals surface area contributed by atoms with Crippen molar-refractivity contribution in [3.63, 3.8) is 0 Å². The minimum Gasteiger partial charge on any atom is -0.310 e. The van der Waals surface area contributed by atoms with Gasteiger partial charge in [-0.2, -0.15) is 18.3 Å². The van der Waals surface area contributed by atoms with Gasteiger partial charge in [0.25, 0.3) is 0 Å². The number of imidazole rings is 1. The minimum absolute atomic E-state index is 0.0427. The van der Waals surface area contributed by atoms with Crippen LogP contribution >= 0.6 is 0 Å². The Labute approximate surface area is 159 Å². The number of aromatic nitrogens is 4. The molecule has 6 nitrogen and oxygen atoms in total. The second kappa shape index (κ2) is 6.96. The van der Waals surface area contributed by atoms with Crippen LogP contribution in [0, 0.1) is 0 Å². The number of rotatable bonds is 6. The maximum absolute atomic E-state index is 13.0. The summed E-state index contributed by atoms with van der Waals surface area (Å²) < 4.78 is 42.1. The van der Waals surface area contributed by atoms with Crippen LogP contribution in [-0.4, -0.2) is 25.2 Å². The Balaban J connectivity index is 1.58. The van der Waals surface area contributed by atoms with Crippen molar-refractivity contribution >= 4 is 22.9 Å². The second-order valence-electron chi connectivity index (χ2n) is 7.01. The van der Waals surface area contributed by atoms with Crippen LogP contribution in [0.4, 0.5) is 19.1 Å². The molecule has 1 saturated carbocycles. The Morgan fingerprint density at radius 2 is 2.04 bits per heavy atom. The van der Waals surface area contributed by atoms with Gasteiger partial charge in [0.2, 0.25) is 11.9 Å². The Bertz CT molecular complexity index is 1020. The smallest absolute Gasteiger partial charge is 0.310 e. The monoisotopic (exact) mass is 391 g/mol. The van der Waals surface area contributed by atoms with E-state index in [1.165, 1.54) is 4.68 Å². The van der Waals surface area contributed by atoms with Gasteiger partial charge in [-0.1, -0.05) is 19.1 Å². The van der Waals surface area contributed by atoms with E-state index in [0.29, 0.717) is 18.2 Å². The number of hydrogen-bond donors (Lipinski definition) is 1. The second-order valence-corrected chi connectivity index (χ2v) is 7.01. The third-order valence-corrected chi connectivity index (χ3v) is 4.74. The molecular formula is C19H20F3N5O. The highest BCUT2D eigenvalue weighted by Crippen LogP contribution is 2.42. The van der Waals surface area contributed by atoms with Crippen molar-refractivity contribution < 1.29 is 18.0 Å². The number of benzene rings is 1. The molecule has 0 aliphatic heterocycles. The number of carbonyl (C=O) groups excluding carboxylic acids is 1. The first kappa shape index (κ1) is 18.5. The molecule has 1 N–H and O–H groups in total. The molecule has 28 heavy (non-hydrogen) atoms. The zero-order valence-corrected chi connectivity index (χ0v) is 15.3. The van der Waals surface area contributed by atoms with Crippen LogP contribution in [0.5, 0.6) is 0 Å². The van der Waals surface area contributed by atoms with Gasteiger partial charge < -0.3 is 4.57 Å². The molecule has 1 aromatic carbocycles. The molecule has 1 aliphatic carbocycles. The van der Waals surface area contributed by atoms with E-state index in [-0.39, 0.29) is 12.5 Å². The summed E-state index contributed by atoms with van der Waals surface area (Å²) in [5.41, 5.74) is 1.16. The molecule has 0 unspecified atom stereocenters. The molecule has 3 aromatic rings. The maximum Gasteiger partial charge on any atom is 0.435 e. The quantitative estimate of drug-likeness (QED) is 0.686. The normalized spacial score (nSPS) is 14.6. The molecule has 0 bridgehead atoms. The van der Waals surface area contributed by atoms with Gasteiger partial charge in [-0.15, -0.1) is 0 Å². The molecule has 2 aromatic heterocycles. The van der Waals surface area contributed by atoms with Gasteiger partial charge in [0.15, 0.2) is 5.69 Å². The fraction of sp³-hybridized carbons (Fsp3) is 0.421. The maximum atomic E-state index is 13.0. The van der Waals surface area contributed by atoms with Crippen molar-refractivity contribution in [2.75, 3.05) is 5.32 Å². The van der Waals surface area contributed by atoms with Crippen LogP contribution in [0.2, 0.25) is 0 Å². The predicted octanol–water partition coefficient (Wildman–Crippen LogP) is 4.18. The molecule has 4 rings (SSSR count). The van der Waals surface area contributed by atoms with Crippen molar-refractivity contribution in [3.05, 3.63) is 41.7 Å². The number of nitrogens with one attached hydrogen (secondary N) is 1. The number of anilines is 1. The van der Waals surface area contributed by atoms with E-state index >= 15 is 0 Å². The third kappa shape index (κ3) is 3.61. The summed E-state index contributed by atoms with van der Waals surface area (Å²) in [5, 5.41) is 6.37. The van der Waals surface area contributed by atoms with Crippen LogP contribution in [0.3, 0.4) is 0 Å². The third-order valence-electron chi connectivity index (χ3n) is 4.74. The number of para-hydroxylation sites is 2. The zero-order chi connectivity index (χ0) is 19.9. The Hall–Kier alpha value is -2.84. The van der Waals surface area contributed by atoms with E-state index in [0.717, 1.165) is 36.4 Å². The summed E-state index contributed by atoms with van der Waals surface area (Å²) in [6, 6.07) is 8.58. The molecule has 148 valence electrons. The lowest BCUT2D eigenvalue weighted by molar-refractivity contribution is -0.141. The van der Waals surface area contributed by atoms with Crippen molar-refractivity contribution in [3.8, 4) is 0 Å². The van der Waals surface area contributed by atoms with E-state index in [1.807, 2.05) is 35.8 Å². The van der Waals surface area contributed by atoms with Gasteiger partial charge in [-0.25, -0.2) is 4.98 Å². The Kier molecular flexibility index (Phi) is 4.60. The van der Waals surface area contributed by atoms with Crippen LogP contribution in [0.25, 0.3) is 11.0 Å². The van der Waals surface area contributed by atoms with Gasteiger partial charge in [0.1, 0.15) is 6.54 Å². The van der Waals surface area contributed by atoms with Crippen molar-refractivity contribution in [1.82, 2.24) is 19.3 Å². The summed E-state index contributed by atoms with van der Waals surface area (Å²) >= 11 is 0. The lowest BCUT2D eigenvalue weighted by atomic mass is 10.2. The van der Waals surface area contributed by atoms with E-state index < -0.39 is 17.8 Å². The van der Waals surface area contributed by atoms with Gasteiger partial charge in [0, 0.05) is 18.2 Å². The SMILES string of the molecule is CCCn1c(NC(=O)Cn2nc(C(F)(F)F)cc2C2CC2)nc2ccccc21. The number of alkyl halides is 3. The molecule has 0 atom stereocenters. The minimum atomic E-state index is -4.53. The average Bonchev–Trinajstić information content (AvgIpc) is 3.30. The van der Waals surface area contributed by atoms with Crippen LogP contribution < -0.4 is 5.32 Å². The van der Waals surface area contributed by atoms with E-state index in [9.17, 15) is 18.0 Å². The van der Waals surface area contributed by atoms with E-state index in [4.69, 9.17) is 0 Å². The van der Waals surface area contributed by atoms with Crippen LogP contribution in [0.1, 0.15) is 43.5 Å². The van der Waals surface area contributed by atoms with Crippen LogP contribution in [0.15, 0.2) is 30.3 Å². The highest BCUT2D eigenvalue weighted by atomic mass is 19.4. The Morgan fingerprint density at radius 1 is 1.29 bits per heavy atom. The molecule has 9 heteroatoms. The fourth-order valence-electron chi connectivity index (χ4n) is 3.33. The summed E-state index contributed by atoms with van der Waals surface area (Å²) in [6.45, 7) is 2.41. The lowest BCUT2D eigenvalue weighted by Crippen LogP contribution is -2.23. The van der Waals surface area contributed by atoms with Gasteiger partial charge in [-0.3, -0.25) is 14.8 Å². The molecule has 0 saturated heterocycles. The largest absolute Gasteiger partial charge is 0.435 e. The zero-order valence-electron chi connectivity index (χ0n) is 15.3. The number of amides is 1. The molecule has 2 heterocycles. The summed E-state index contributed by atoms with van der Waals surface area (Å²) in [4.78, 5) is 17.0. The molecule has 1 amide bonds. The molecule has 0 radical (unpaired) electrons. The molecular weight excluding hydrogens is 371 g/mol. The summed E-state index contributed by atoms with van der Waals surface area (Å²) in [5.74, 6) is -0.0170. The number of fused-ring (bicyclic) bond motifs is 1. The van der Waals surface area contributed by atoms with Crippen molar-refractivity contribution in [2.45, 2.75) is 51.4 Å². The van der Waals surface area contributed by atoms with Crippen molar-refractivity contribution in [1.29, 1.82) is 0 Å². The van der Waals surface area contributed by atoms with E-state index in [1.54, 1.807) is 0 Å². The first-order chi connectivity index (χ1) is 13.4. The highest BCUT2D eigenvalue weighted by molar-refractivity contribution is 5.91. The average molecular weight is 391 g/mol. The number of carbonyl (C=O) groups is 1. The molecule has 1 aliphatic rings. The van der Waals surface area contributed by atoms with Crippen molar-refractivity contribution in [2.24, 2.45) is 0 Å². The Morgan fingerprint density at radius 3 is 2.71 bits per heavy atom. The van der Waals surface area contributed by atoms with Gasteiger partial charge >= 0.3 is 6.18 Å². The van der Waals surface area contributed by atoms with E-state index in [2.05, 4.69) is 15.4 Å². The summed E-state index contributed by atoms with van der Waals surface area (Å²) in [6.07, 6.45) is -2.04. The number of nitrogens with zero attached hydrogens (tertiary/aromatic N) is 4. The molecule has 0 spiro atoms. The predicted molar refractivity (Wildman–Crippen MR) is 97.9 cm³/mol. The van der Waals surface area contributed by atoms with Crippen LogP contribution in [-0.2, 0) is 24.1 Å². The number of halogens is 3. The topological polar surface area (TPSA) is 64.7 Å². The highest BCUT2D eigenvalue weighted by Gasteiger charge is 2.38. The molecule has 1 fully saturated rings. The number of aryl methyl sites for hydroxylation is 1.